The third kappa shape index (κ3) is 5.55. The van der Waals surface area contributed by atoms with Gasteiger partial charge in [-0.25, -0.2) is 8.42 Å². The van der Waals surface area contributed by atoms with Gasteiger partial charge in [-0.1, -0.05) is 12.8 Å². The van der Waals surface area contributed by atoms with Crippen molar-refractivity contribution in [2.45, 2.75) is 44.6 Å². The number of guanidine groups is 1. The van der Waals surface area contributed by atoms with Crippen molar-refractivity contribution >= 4 is 40.0 Å². The van der Waals surface area contributed by atoms with Gasteiger partial charge < -0.3 is 10.6 Å². The SMILES string of the molecule is CS(=O)(=O)N1CCC[C@@H]1CN=C(N)N1CCCCCC1.I. The van der Waals surface area contributed by atoms with Crippen molar-refractivity contribution < 1.29 is 8.42 Å². The lowest BCUT2D eigenvalue weighted by molar-refractivity contribution is 0.390. The molecule has 2 saturated heterocycles. The van der Waals surface area contributed by atoms with Crippen LogP contribution in [-0.2, 0) is 10.0 Å². The molecule has 2 heterocycles. The Bertz CT molecular complexity index is 447. The Morgan fingerprint density at radius 3 is 2.33 bits per heavy atom. The lowest BCUT2D eigenvalue weighted by atomic mass is 10.2. The molecular weight excluding hydrogens is 403 g/mol. The van der Waals surface area contributed by atoms with Gasteiger partial charge in [-0.3, -0.25) is 4.99 Å². The summed E-state index contributed by atoms with van der Waals surface area (Å²) in [6.07, 6.45) is 7.90. The number of nitrogens with two attached hydrogens (primary N) is 1. The molecule has 2 fully saturated rings. The summed E-state index contributed by atoms with van der Waals surface area (Å²) in [5.41, 5.74) is 6.06. The number of hydrogen-bond donors (Lipinski definition) is 1. The molecule has 0 aromatic rings. The molecule has 2 aliphatic rings. The summed E-state index contributed by atoms with van der Waals surface area (Å²) in [7, 11) is -3.12. The minimum absolute atomic E-state index is 0. The second-order valence-corrected chi connectivity index (χ2v) is 7.70. The number of sulfonamides is 1. The van der Waals surface area contributed by atoms with E-state index in [4.69, 9.17) is 5.73 Å². The summed E-state index contributed by atoms with van der Waals surface area (Å²) in [5, 5.41) is 0. The summed E-state index contributed by atoms with van der Waals surface area (Å²) in [6.45, 7) is 3.03. The van der Waals surface area contributed by atoms with Gasteiger partial charge in [0.15, 0.2) is 5.96 Å². The molecule has 2 rings (SSSR count). The average Bonchev–Trinajstić information content (AvgIpc) is 2.70. The number of nitrogens with zero attached hydrogens (tertiary/aromatic N) is 3. The van der Waals surface area contributed by atoms with Gasteiger partial charge in [-0.2, -0.15) is 4.31 Å². The van der Waals surface area contributed by atoms with Crippen molar-refractivity contribution in [1.82, 2.24) is 9.21 Å². The summed E-state index contributed by atoms with van der Waals surface area (Å²) in [4.78, 5) is 6.58. The topological polar surface area (TPSA) is 79.0 Å². The normalized spacial score (nSPS) is 25.5. The van der Waals surface area contributed by atoms with Gasteiger partial charge in [0.25, 0.3) is 0 Å². The van der Waals surface area contributed by atoms with Crippen LogP contribution in [0.2, 0.25) is 0 Å². The Morgan fingerprint density at radius 1 is 1.14 bits per heavy atom. The molecule has 124 valence electrons. The van der Waals surface area contributed by atoms with Crippen LogP contribution in [0.25, 0.3) is 0 Å². The van der Waals surface area contributed by atoms with Crippen molar-refractivity contribution in [2.75, 3.05) is 32.4 Å². The number of likely N-dealkylation sites (tertiary alicyclic amines) is 1. The van der Waals surface area contributed by atoms with Crippen LogP contribution in [0.1, 0.15) is 38.5 Å². The first-order valence-electron chi connectivity index (χ1n) is 7.50. The van der Waals surface area contributed by atoms with Crippen LogP contribution in [0.15, 0.2) is 4.99 Å². The summed E-state index contributed by atoms with van der Waals surface area (Å²) < 4.78 is 24.9. The second kappa shape index (κ2) is 8.52. The van der Waals surface area contributed by atoms with E-state index >= 15 is 0 Å². The standard InChI is InChI=1S/C13H26N4O2S.HI/c1-20(18,19)17-10-6-7-12(17)11-15-13(14)16-8-4-2-3-5-9-16;/h12H,2-11H2,1H3,(H2,14,15);1H/t12-;/m1./s1. The van der Waals surface area contributed by atoms with Gasteiger partial charge in [-0.15, -0.1) is 24.0 Å². The van der Waals surface area contributed by atoms with Crippen molar-refractivity contribution in [3.05, 3.63) is 0 Å². The zero-order chi connectivity index (χ0) is 14.6. The highest BCUT2D eigenvalue weighted by Crippen LogP contribution is 2.20. The van der Waals surface area contributed by atoms with Crippen LogP contribution in [-0.4, -0.2) is 62.1 Å². The number of rotatable bonds is 3. The van der Waals surface area contributed by atoms with E-state index in [9.17, 15) is 8.42 Å². The van der Waals surface area contributed by atoms with E-state index in [-0.39, 0.29) is 30.0 Å². The smallest absolute Gasteiger partial charge is 0.211 e. The maximum absolute atomic E-state index is 11.7. The van der Waals surface area contributed by atoms with E-state index in [0.29, 0.717) is 19.0 Å². The van der Waals surface area contributed by atoms with E-state index in [0.717, 1.165) is 38.8 Å². The highest BCUT2D eigenvalue weighted by atomic mass is 127. The molecule has 2 N–H and O–H groups in total. The lowest BCUT2D eigenvalue weighted by Crippen LogP contribution is -2.40. The zero-order valence-electron chi connectivity index (χ0n) is 12.7. The fourth-order valence-electron chi connectivity index (χ4n) is 3.03. The van der Waals surface area contributed by atoms with E-state index in [1.807, 2.05) is 0 Å². The van der Waals surface area contributed by atoms with Gasteiger partial charge in [0, 0.05) is 25.7 Å². The van der Waals surface area contributed by atoms with Crippen LogP contribution in [0, 0.1) is 0 Å². The number of halogens is 1. The van der Waals surface area contributed by atoms with Crippen molar-refractivity contribution in [3.8, 4) is 0 Å². The van der Waals surface area contributed by atoms with Crippen molar-refractivity contribution in [2.24, 2.45) is 10.7 Å². The minimum Gasteiger partial charge on any atom is -0.370 e. The monoisotopic (exact) mass is 430 g/mol. The first-order valence-corrected chi connectivity index (χ1v) is 9.35. The Labute approximate surface area is 145 Å². The third-order valence-electron chi connectivity index (χ3n) is 4.14. The second-order valence-electron chi connectivity index (χ2n) is 5.77. The summed E-state index contributed by atoms with van der Waals surface area (Å²) in [5.74, 6) is 0.576. The highest BCUT2D eigenvalue weighted by molar-refractivity contribution is 14.0. The molecule has 0 bridgehead atoms. The summed E-state index contributed by atoms with van der Waals surface area (Å²) in [6, 6.07) is -0.0180. The molecule has 0 unspecified atom stereocenters. The van der Waals surface area contributed by atoms with E-state index < -0.39 is 10.0 Å². The molecule has 6 nitrogen and oxygen atoms in total. The fraction of sp³-hybridized carbons (Fsp3) is 0.923. The Hall–Kier alpha value is -0.0900. The molecule has 0 aromatic carbocycles. The number of aliphatic imine (C=N–C) groups is 1. The molecular formula is C13H27IN4O2S. The molecule has 0 amide bonds. The first-order chi connectivity index (χ1) is 9.48. The largest absolute Gasteiger partial charge is 0.370 e. The molecule has 21 heavy (non-hydrogen) atoms. The first kappa shape index (κ1) is 19.0. The lowest BCUT2D eigenvalue weighted by Gasteiger charge is -2.23. The minimum atomic E-state index is -3.12. The van der Waals surface area contributed by atoms with Crippen LogP contribution in [0.3, 0.4) is 0 Å². The zero-order valence-corrected chi connectivity index (χ0v) is 15.8. The van der Waals surface area contributed by atoms with Gasteiger partial charge >= 0.3 is 0 Å². The molecule has 0 spiro atoms. The van der Waals surface area contributed by atoms with Gasteiger partial charge in [0.2, 0.25) is 10.0 Å². The molecule has 8 heteroatoms. The maximum atomic E-state index is 11.7. The van der Waals surface area contributed by atoms with E-state index in [1.165, 1.54) is 19.1 Å². The highest BCUT2D eigenvalue weighted by Gasteiger charge is 2.31. The van der Waals surface area contributed by atoms with Gasteiger partial charge in [0.05, 0.1) is 12.8 Å². The quantitative estimate of drug-likeness (QED) is 0.415. The van der Waals surface area contributed by atoms with Gasteiger partial charge in [-0.05, 0) is 25.7 Å². The van der Waals surface area contributed by atoms with Crippen LogP contribution in [0.4, 0.5) is 0 Å². The average molecular weight is 430 g/mol. The molecule has 0 aromatic heterocycles. The van der Waals surface area contributed by atoms with Crippen molar-refractivity contribution in [3.63, 3.8) is 0 Å². The van der Waals surface area contributed by atoms with Crippen LogP contribution >= 0.6 is 24.0 Å². The Balaban J connectivity index is 0.00000220. The number of hydrogen-bond acceptors (Lipinski definition) is 3. The summed E-state index contributed by atoms with van der Waals surface area (Å²) >= 11 is 0. The van der Waals surface area contributed by atoms with Crippen LogP contribution < -0.4 is 5.73 Å². The molecule has 0 aliphatic carbocycles. The molecule has 1 atom stereocenters. The third-order valence-corrected chi connectivity index (χ3v) is 5.48. The van der Waals surface area contributed by atoms with Crippen molar-refractivity contribution in [1.29, 1.82) is 0 Å². The molecule has 0 radical (unpaired) electrons. The Kier molecular flexibility index (Phi) is 7.69. The van der Waals surface area contributed by atoms with Gasteiger partial charge in [0.1, 0.15) is 0 Å². The predicted octanol–water partition coefficient (Wildman–Crippen LogP) is 1.22. The van der Waals surface area contributed by atoms with E-state index in [2.05, 4.69) is 9.89 Å². The molecule has 0 saturated carbocycles. The fourth-order valence-corrected chi connectivity index (χ4v) is 4.20. The van der Waals surface area contributed by atoms with Crippen LogP contribution in [0.5, 0.6) is 0 Å². The predicted molar refractivity (Wildman–Crippen MR) is 96.5 cm³/mol. The molecule has 2 aliphatic heterocycles. The van der Waals surface area contributed by atoms with E-state index in [1.54, 1.807) is 4.31 Å². The Morgan fingerprint density at radius 2 is 1.76 bits per heavy atom. The maximum Gasteiger partial charge on any atom is 0.211 e.